The monoisotopic (exact) mass is 280 g/mol. The van der Waals surface area contributed by atoms with E-state index in [9.17, 15) is 0 Å². The van der Waals surface area contributed by atoms with E-state index in [4.69, 9.17) is 9.47 Å². The van der Waals surface area contributed by atoms with Crippen LogP contribution in [0.4, 0.5) is 0 Å². The summed E-state index contributed by atoms with van der Waals surface area (Å²) in [7, 11) is 3.32. The maximum Gasteiger partial charge on any atom is 0.218 e. The molecule has 0 fully saturated rings. The second-order valence-corrected chi connectivity index (χ2v) is 4.14. The lowest BCUT2D eigenvalue weighted by molar-refractivity contribution is 0.195. The van der Waals surface area contributed by atoms with Gasteiger partial charge in [-0.2, -0.15) is 0 Å². The van der Waals surface area contributed by atoms with Gasteiger partial charge in [-0.1, -0.05) is 6.07 Å². The molecular weight excluding hydrogens is 256 g/mol. The van der Waals surface area contributed by atoms with Gasteiger partial charge in [0.05, 0.1) is 13.7 Å². The standard InChI is InChI=1S/C14H24N4O2/c1-4-15-14(17-9-6-10-19-2)18-11-12-7-5-8-16-13(12)20-3/h5,7-8H,4,6,9-11H2,1-3H3,(H2,15,17,18). The third kappa shape index (κ3) is 5.88. The molecule has 0 bridgehead atoms. The molecule has 0 aliphatic carbocycles. The number of hydrogen-bond donors (Lipinski definition) is 2. The molecule has 1 rings (SSSR count). The number of methoxy groups -OCH3 is 2. The Morgan fingerprint density at radius 2 is 2.20 bits per heavy atom. The van der Waals surface area contributed by atoms with Crippen molar-refractivity contribution in [2.45, 2.75) is 19.9 Å². The first-order valence-corrected chi connectivity index (χ1v) is 6.80. The number of nitrogens with zero attached hydrogens (tertiary/aromatic N) is 2. The van der Waals surface area contributed by atoms with Crippen molar-refractivity contribution < 1.29 is 9.47 Å². The highest BCUT2D eigenvalue weighted by Crippen LogP contribution is 2.14. The largest absolute Gasteiger partial charge is 0.481 e. The minimum atomic E-state index is 0.524. The minimum absolute atomic E-state index is 0.524. The van der Waals surface area contributed by atoms with Crippen molar-refractivity contribution in [2.24, 2.45) is 4.99 Å². The van der Waals surface area contributed by atoms with Gasteiger partial charge in [-0.3, -0.25) is 0 Å². The molecule has 0 saturated carbocycles. The quantitative estimate of drug-likeness (QED) is 0.425. The van der Waals surface area contributed by atoms with Gasteiger partial charge < -0.3 is 20.1 Å². The molecule has 0 amide bonds. The molecule has 6 heteroatoms. The zero-order valence-electron chi connectivity index (χ0n) is 12.5. The number of aromatic nitrogens is 1. The fourth-order valence-corrected chi connectivity index (χ4v) is 1.66. The molecule has 1 aromatic heterocycles. The Kier molecular flexibility index (Phi) is 8.14. The molecule has 0 spiro atoms. The highest BCUT2D eigenvalue weighted by molar-refractivity contribution is 5.79. The van der Waals surface area contributed by atoms with Crippen LogP contribution in [0.5, 0.6) is 5.88 Å². The van der Waals surface area contributed by atoms with Gasteiger partial charge in [0.15, 0.2) is 5.96 Å². The molecule has 0 aliphatic heterocycles. The van der Waals surface area contributed by atoms with Crippen LogP contribution in [-0.4, -0.2) is 44.9 Å². The molecule has 112 valence electrons. The van der Waals surface area contributed by atoms with Crippen molar-refractivity contribution in [1.29, 1.82) is 0 Å². The van der Waals surface area contributed by atoms with Crippen LogP contribution in [0.1, 0.15) is 18.9 Å². The molecule has 0 unspecified atom stereocenters. The van der Waals surface area contributed by atoms with Crippen LogP contribution in [0, 0.1) is 0 Å². The predicted molar refractivity (Wildman–Crippen MR) is 80.1 cm³/mol. The number of nitrogens with one attached hydrogen (secondary N) is 2. The number of aliphatic imine (C=N–C) groups is 1. The molecule has 20 heavy (non-hydrogen) atoms. The third-order valence-corrected chi connectivity index (χ3v) is 2.61. The van der Waals surface area contributed by atoms with E-state index < -0.39 is 0 Å². The second kappa shape index (κ2) is 10.0. The van der Waals surface area contributed by atoms with Crippen LogP contribution < -0.4 is 15.4 Å². The Morgan fingerprint density at radius 3 is 2.90 bits per heavy atom. The summed E-state index contributed by atoms with van der Waals surface area (Å²) < 4.78 is 10.2. The highest BCUT2D eigenvalue weighted by atomic mass is 16.5. The Hall–Kier alpha value is -1.82. The van der Waals surface area contributed by atoms with E-state index in [-0.39, 0.29) is 0 Å². The lowest BCUT2D eigenvalue weighted by Crippen LogP contribution is -2.38. The third-order valence-electron chi connectivity index (χ3n) is 2.61. The van der Waals surface area contributed by atoms with E-state index in [0.29, 0.717) is 12.4 Å². The van der Waals surface area contributed by atoms with Gasteiger partial charge in [-0.05, 0) is 19.4 Å². The summed E-state index contributed by atoms with van der Waals surface area (Å²) in [5.41, 5.74) is 0.962. The van der Waals surface area contributed by atoms with Crippen LogP contribution in [0.3, 0.4) is 0 Å². The van der Waals surface area contributed by atoms with Gasteiger partial charge in [0.2, 0.25) is 5.88 Å². The highest BCUT2D eigenvalue weighted by Gasteiger charge is 2.03. The molecule has 1 aromatic rings. The predicted octanol–water partition coefficient (Wildman–Crippen LogP) is 1.18. The van der Waals surface area contributed by atoms with Crippen LogP contribution in [0.15, 0.2) is 23.3 Å². The summed E-state index contributed by atoms with van der Waals surface area (Å²) in [6.45, 7) is 4.95. The smallest absolute Gasteiger partial charge is 0.218 e. The van der Waals surface area contributed by atoms with Crippen molar-refractivity contribution >= 4 is 5.96 Å². The summed E-state index contributed by atoms with van der Waals surface area (Å²) in [4.78, 5) is 8.68. The van der Waals surface area contributed by atoms with E-state index >= 15 is 0 Å². The zero-order valence-corrected chi connectivity index (χ0v) is 12.5. The summed E-state index contributed by atoms with van der Waals surface area (Å²) in [5, 5.41) is 6.46. The summed E-state index contributed by atoms with van der Waals surface area (Å²) in [6.07, 6.45) is 2.65. The Bertz CT molecular complexity index is 410. The molecule has 0 saturated heterocycles. The molecule has 0 atom stereocenters. The number of pyridine rings is 1. The number of guanidine groups is 1. The fraction of sp³-hybridized carbons (Fsp3) is 0.571. The Morgan fingerprint density at radius 1 is 1.35 bits per heavy atom. The summed E-state index contributed by atoms with van der Waals surface area (Å²) in [6, 6.07) is 3.84. The molecule has 6 nitrogen and oxygen atoms in total. The SMILES string of the molecule is CCNC(=NCc1cccnc1OC)NCCCOC. The van der Waals surface area contributed by atoms with Crippen LogP contribution in [0.2, 0.25) is 0 Å². The van der Waals surface area contributed by atoms with E-state index in [1.165, 1.54) is 0 Å². The van der Waals surface area contributed by atoms with Gasteiger partial charge in [-0.15, -0.1) is 0 Å². The molecule has 0 radical (unpaired) electrons. The van der Waals surface area contributed by atoms with Crippen molar-refractivity contribution in [2.75, 3.05) is 33.9 Å². The molecule has 0 aromatic carbocycles. The molecule has 2 N–H and O–H groups in total. The lowest BCUT2D eigenvalue weighted by Gasteiger charge is -2.11. The van der Waals surface area contributed by atoms with E-state index in [1.807, 2.05) is 19.1 Å². The average molecular weight is 280 g/mol. The average Bonchev–Trinajstić information content (AvgIpc) is 2.49. The number of hydrogen-bond acceptors (Lipinski definition) is 4. The lowest BCUT2D eigenvalue weighted by atomic mass is 10.3. The molecule has 1 heterocycles. The van der Waals surface area contributed by atoms with Crippen LogP contribution >= 0.6 is 0 Å². The topological polar surface area (TPSA) is 67.8 Å². The van der Waals surface area contributed by atoms with Crippen LogP contribution in [-0.2, 0) is 11.3 Å². The molecular formula is C14H24N4O2. The van der Waals surface area contributed by atoms with Crippen LogP contribution in [0.25, 0.3) is 0 Å². The first-order chi connectivity index (χ1) is 9.81. The maximum absolute atomic E-state index is 5.21. The zero-order chi connectivity index (χ0) is 14.6. The fourth-order valence-electron chi connectivity index (χ4n) is 1.66. The van der Waals surface area contributed by atoms with Crippen molar-refractivity contribution in [3.8, 4) is 5.88 Å². The van der Waals surface area contributed by atoms with Gasteiger partial charge in [0.25, 0.3) is 0 Å². The summed E-state index contributed by atoms with van der Waals surface area (Å²) in [5.74, 6) is 1.40. The number of ether oxygens (including phenoxy) is 2. The van der Waals surface area contributed by atoms with Crippen molar-refractivity contribution in [1.82, 2.24) is 15.6 Å². The maximum atomic E-state index is 5.21. The Labute approximate surface area is 120 Å². The van der Waals surface area contributed by atoms with Gasteiger partial charge in [0, 0.05) is 38.6 Å². The Balaban J connectivity index is 2.57. The normalized spacial score (nSPS) is 11.2. The van der Waals surface area contributed by atoms with E-state index in [1.54, 1.807) is 20.4 Å². The number of rotatable bonds is 8. The molecule has 0 aliphatic rings. The first-order valence-electron chi connectivity index (χ1n) is 6.80. The van der Waals surface area contributed by atoms with Gasteiger partial charge >= 0.3 is 0 Å². The van der Waals surface area contributed by atoms with Gasteiger partial charge in [0.1, 0.15) is 0 Å². The summed E-state index contributed by atoms with van der Waals surface area (Å²) >= 11 is 0. The first kappa shape index (κ1) is 16.2. The van der Waals surface area contributed by atoms with Crippen molar-refractivity contribution in [3.63, 3.8) is 0 Å². The second-order valence-electron chi connectivity index (χ2n) is 4.14. The van der Waals surface area contributed by atoms with Gasteiger partial charge in [-0.25, -0.2) is 9.98 Å². The van der Waals surface area contributed by atoms with Crippen molar-refractivity contribution in [3.05, 3.63) is 23.9 Å². The van der Waals surface area contributed by atoms with E-state index in [0.717, 1.165) is 37.6 Å². The van der Waals surface area contributed by atoms with E-state index in [2.05, 4.69) is 20.6 Å². The minimum Gasteiger partial charge on any atom is -0.481 e.